The average molecular weight is 467 g/mol. The standard InChI is InChI=1S/C28H26N4O3/c1-35-17-9-16-32-24-15-8-6-13-21(24)25(19-10-3-2-4-11-19)30-26(28(32)34)31-27(33)23-18-20-12-5-7-14-22(20)29-23/h2-8,10-15,18,26,29H,9,16-17H2,1H3,(H,31,33). The molecule has 0 saturated carbocycles. The number of nitrogens with one attached hydrogen (secondary N) is 2. The predicted molar refractivity (Wildman–Crippen MR) is 137 cm³/mol. The predicted octanol–water partition coefficient (Wildman–Crippen LogP) is 4.14. The molecule has 1 unspecified atom stereocenters. The number of ether oxygens (including phenoxy) is 1. The number of hydrogen-bond donors (Lipinski definition) is 2. The Bertz CT molecular complexity index is 1360. The largest absolute Gasteiger partial charge is 0.385 e. The number of para-hydroxylation sites is 2. The van der Waals surface area contributed by atoms with Gasteiger partial charge in [0.15, 0.2) is 0 Å². The summed E-state index contributed by atoms with van der Waals surface area (Å²) in [7, 11) is 1.64. The number of benzene rings is 3. The van der Waals surface area contributed by atoms with Gasteiger partial charge in [0.25, 0.3) is 11.8 Å². The van der Waals surface area contributed by atoms with Crippen molar-refractivity contribution in [2.24, 2.45) is 4.99 Å². The highest BCUT2D eigenvalue weighted by Crippen LogP contribution is 2.28. The van der Waals surface area contributed by atoms with Crippen LogP contribution in [-0.2, 0) is 9.53 Å². The minimum Gasteiger partial charge on any atom is -0.385 e. The first-order chi connectivity index (χ1) is 17.2. The number of nitrogens with zero attached hydrogens (tertiary/aromatic N) is 2. The summed E-state index contributed by atoms with van der Waals surface area (Å²) in [5.74, 6) is -0.678. The molecule has 7 heteroatoms. The number of rotatable bonds is 7. The zero-order valence-electron chi connectivity index (χ0n) is 19.4. The van der Waals surface area contributed by atoms with Crippen molar-refractivity contribution >= 4 is 34.1 Å². The summed E-state index contributed by atoms with van der Waals surface area (Å²) in [4.78, 5) is 36.6. The zero-order chi connectivity index (χ0) is 24.2. The van der Waals surface area contributed by atoms with E-state index in [9.17, 15) is 9.59 Å². The molecule has 1 aliphatic heterocycles. The van der Waals surface area contributed by atoms with Crippen molar-refractivity contribution in [3.8, 4) is 0 Å². The van der Waals surface area contributed by atoms with Gasteiger partial charge in [0.1, 0.15) is 5.69 Å². The molecule has 0 spiro atoms. The fourth-order valence-corrected chi connectivity index (χ4v) is 4.34. The van der Waals surface area contributed by atoms with Gasteiger partial charge in [-0.05, 0) is 24.6 Å². The molecule has 1 aromatic heterocycles. The fourth-order valence-electron chi connectivity index (χ4n) is 4.34. The molecule has 1 aliphatic rings. The third kappa shape index (κ3) is 4.58. The van der Waals surface area contributed by atoms with Crippen LogP contribution in [0.5, 0.6) is 0 Å². The summed E-state index contributed by atoms with van der Waals surface area (Å²) in [6.45, 7) is 0.963. The van der Waals surface area contributed by atoms with E-state index in [1.807, 2.05) is 78.9 Å². The molecule has 0 saturated heterocycles. The molecule has 5 rings (SSSR count). The van der Waals surface area contributed by atoms with E-state index >= 15 is 0 Å². The van der Waals surface area contributed by atoms with Gasteiger partial charge in [-0.25, -0.2) is 4.99 Å². The van der Waals surface area contributed by atoms with Crippen LogP contribution in [0.1, 0.15) is 28.0 Å². The van der Waals surface area contributed by atoms with E-state index in [2.05, 4.69) is 10.3 Å². The number of carbonyl (C=O) groups excluding carboxylic acids is 2. The maximum Gasteiger partial charge on any atom is 0.272 e. The summed E-state index contributed by atoms with van der Waals surface area (Å²) < 4.78 is 5.22. The number of methoxy groups -OCH3 is 1. The van der Waals surface area contributed by atoms with Gasteiger partial charge in [-0.3, -0.25) is 9.59 Å². The van der Waals surface area contributed by atoms with Crippen LogP contribution in [0.25, 0.3) is 10.9 Å². The van der Waals surface area contributed by atoms with Crippen molar-refractivity contribution in [1.29, 1.82) is 0 Å². The number of amides is 2. The minimum atomic E-state index is -1.08. The molecular formula is C28H26N4O3. The van der Waals surface area contributed by atoms with Crippen LogP contribution in [0.3, 0.4) is 0 Å². The average Bonchev–Trinajstić information content (AvgIpc) is 3.30. The van der Waals surface area contributed by atoms with Gasteiger partial charge in [0.05, 0.1) is 11.4 Å². The SMILES string of the molecule is COCCCN1C(=O)C(NC(=O)c2cc3ccccc3[nH]2)N=C(c2ccccc2)c2ccccc21. The van der Waals surface area contributed by atoms with Crippen LogP contribution in [-0.4, -0.2) is 48.9 Å². The van der Waals surface area contributed by atoms with E-state index in [-0.39, 0.29) is 5.91 Å². The number of fused-ring (bicyclic) bond motifs is 2. The van der Waals surface area contributed by atoms with E-state index in [4.69, 9.17) is 9.73 Å². The van der Waals surface area contributed by atoms with Gasteiger partial charge in [-0.2, -0.15) is 0 Å². The smallest absolute Gasteiger partial charge is 0.272 e. The van der Waals surface area contributed by atoms with Crippen LogP contribution >= 0.6 is 0 Å². The molecule has 0 bridgehead atoms. The van der Waals surface area contributed by atoms with Crippen LogP contribution in [0.15, 0.2) is 89.9 Å². The first-order valence-electron chi connectivity index (χ1n) is 11.6. The van der Waals surface area contributed by atoms with E-state index in [1.54, 1.807) is 18.1 Å². The van der Waals surface area contributed by atoms with E-state index in [0.29, 0.717) is 31.0 Å². The van der Waals surface area contributed by atoms with Gasteiger partial charge in [0, 0.05) is 42.3 Å². The van der Waals surface area contributed by atoms with Crippen molar-refractivity contribution in [3.05, 3.63) is 102 Å². The van der Waals surface area contributed by atoms with Crippen LogP contribution in [0, 0.1) is 0 Å². The first-order valence-corrected chi connectivity index (χ1v) is 11.6. The Morgan fingerprint density at radius 1 is 1.03 bits per heavy atom. The number of H-pyrrole nitrogens is 1. The van der Waals surface area contributed by atoms with Gasteiger partial charge < -0.3 is 19.9 Å². The number of carbonyl (C=O) groups is 2. The zero-order valence-corrected chi connectivity index (χ0v) is 19.4. The highest BCUT2D eigenvalue weighted by atomic mass is 16.5. The highest BCUT2D eigenvalue weighted by molar-refractivity contribution is 6.20. The number of benzodiazepines with no additional fused rings is 1. The maximum atomic E-state index is 13.8. The second-order valence-corrected chi connectivity index (χ2v) is 8.34. The summed E-state index contributed by atoms with van der Waals surface area (Å²) in [6.07, 6.45) is -0.431. The number of anilines is 1. The highest BCUT2D eigenvalue weighted by Gasteiger charge is 2.33. The molecule has 3 aromatic carbocycles. The Labute approximate surface area is 203 Å². The van der Waals surface area contributed by atoms with Crippen molar-refractivity contribution in [3.63, 3.8) is 0 Å². The van der Waals surface area contributed by atoms with Gasteiger partial charge >= 0.3 is 0 Å². The summed E-state index contributed by atoms with van der Waals surface area (Å²) >= 11 is 0. The Morgan fingerprint density at radius 3 is 2.57 bits per heavy atom. The van der Waals surface area contributed by atoms with Crippen molar-refractivity contribution in [2.45, 2.75) is 12.6 Å². The van der Waals surface area contributed by atoms with Gasteiger partial charge in [0.2, 0.25) is 6.17 Å². The molecular weight excluding hydrogens is 440 g/mol. The maximum absolute atomic E-state index is 13.8. The lowest BCUT2D eigenvalue weighted by atomic mass is 10.0. The van der Waals surface area contributed by atoms with E-state index in [1.165, 1.54) is 0 Å². The first kappa shape index (κ1) is 22.6. The number of aliphatic imine (C=N–C) groups is 1. The van der Waals surface area contributed by atoms with Crippen LogP contribution in [0.2, 0.25) is 0 Å². The second-order valence-electron chi connectivity index (χ2n) is 8.34. The normalized spacial score (nSPS) is 15.5. The van der Waals surface area contributed by atoms with E-state index < -0.39 is 12.1 Å². The van der Waals surface area contributed by atoms with Crippen LogP contribution < -0.4 is 10.2 Å². The third-order valence-electron chi connectivity index (χ3n) is 6.03. The Morgan fingerprint density at radius 2 is 1.77 bits per heavy atom. The lowest BCUT2D eigenvalue weighted by Crippen LogP contribution is -2.48. The second kappa shape index (κ2) is 9.95. The van der Waals surface area contributed by atoms with E-state index in [0.717, 1.165) is 27.7 Å². The Balaban J connectivity index is 1.55. The molecule has 0 fully saturated rings. The van der Waals surface area contributed by atoms with Crippen molar-refractivity contribution in [2.75, 3.05) is 25.2 Å². The summed E-state index contributed by atoms with van der Waals surface area (Å²) in [6, 6.07) is 26.8. The molecule has 1 atom stereocenters. The minimum absolute atomic E-state index is 0.288. The third-order valence-corrected chi connectivity index (χ3v) is 6.03. The lowest BCUT2D eigenvalue weighted by molar-refractivity contribution is -0.120. The molecule has 176 valence electrons. The molecule has 2 amide bonds. The number of aromatic amines is 1. The Hall–Kier alpha value is -4.23. The molecule has 4 aromatic rings. The Kier molecular flexibility index (Phi) is 6.41. The number of hydrogen-bond acceptors (Lipinski definition) is 4. The summed E-state index contributed by atoms with van der Waals surface area (Å²) in [5, 5.41) is 3.78. The van der Waals surface area contributed by atoms with Gasteiger partial charge in [-0.1, -0.05) is 66.7 Å². The molecule has 0 aliphatic carbocycles. The molecule has 0 radical (unpaired) electrons. The molecule has 7 nitrogen and oxygen atoms in total. The monoisotopic (exact) mass is 466 g/mol. The lowest BCUT2D eigenvalue weighted by Gasteiger charge is -2.25. The van der Waals surface area contributed by atoms with Crippen molar-refractivity contribution in [1.82, 2.24) is 10.3 Å². The summed E-state index contributed by atoms with van der Waals surface area (Å²) in [5.41, 5.74) is 4.36. The van der Waals surface area contributed by atoms with Gasteiger partial charge in [-0.15, -0.1) is 0 Å². The van der Waals surface area contributed by atoms with Crippen molar-refractivity contribution < 1.29 is 14.3 Å². The van der Waals surface area contributed by atoms with Crippen LogP contribution in [0.4, 0.5) is 5.69 Å². The quantitative estimate of drug-likeness (QED) is 0.401. The number of aromatic nitrogens is 1. The molecule has 2 N–H and O–H groups in total. The molecule has 2 heterocycles. The fraction of sp³-hybridized carbons (Fsp3) is 0.179. The molecule has 35 heavy (non-hydrogen) atoms. The topological polar surface area (TPSA) is 86.8 Å².